The second-order valence-corrected chi connectivity index (χ2v) is 6.59. The van der Waals surface area contributed by atoms with Gasteiger partial charge >= 0.3 is 0 Å². The molecule has 2 N–H and O–H groups in total. The Labute approximate surface area is 138 Å². The largest absolute Gasteiger partial charge is 0.316 e. The molecule has 0 radical (unpaired) electrons. The first-order valence-corrected chi connectivity index (χ1v) is 8.20. The number of aromatic nitrogens is 2. The van der Waals surface area contributed by atoms with Crippen LogP contribution in [0.3, 0.4) is 0 Å². The summed E-state index contributed by atoms with van der Waals surface area (Å²) in [5.74, 6) is 2.10. The molecule has 1 aromatic heterocycles. The Bertz CT molecular complexity index is 522. The van der Waals surface area contributed by atoms with Crippen molar-refractivity contribution in [2.24, 2.45) is 18.9 Å². The molecule has 0 saturated carbocycles. The summed E-state index contributed by atoms with van der Waals surface area (Å²) in [5.41, 5.74) is 2.41. The van der Waals surface area contributed by atoms with Gasteiger partial charge in [0.2, 0.25) is 5.91 Å². The van der Waals surface area contributed by atoms with Gasteiger partial charge in [0.25, 0.3) is 0 Å². The number of hydrogen-bond acceptors (Lipinski definition) is 3. The predicted octanol–water partition coefficient (Wildman–Crippen LogP) is 2.29. The molecule has 0 bridgehead atoms. The Morgan fingerprint density at radius 1 is 1.45 bits per heavy atom. The molecule has 6 heteroatoms. The minimum Gasteiger partial charge on any atom is -0.316 e. The van der Waals surface area contributed by atoms with Crippen molar-refractivity contribution in [1.29, 1.82) is 0 Å². The molecule has 1 amide bonds. The van der Waals surface area contributed by atoms with E-state index in [4.69, 9.17) is 0 Å². The molecular weight excluding hydrogens is 300 g/mol. The highest BCUT2D eigenvalue weighted by atomic mass is 35.5. The number of hydrogen-bond donors (Lipinski definition) is 2. The zero-order valence-electron chi connectivity index (χ0n) is 13.5. The SMILES string of the molecule is CC(CC(=O)Nc1c2c(nn1C)CCC2)C1CCCNC1.Cl. The molecule has 124 valence electrons. The van der Waals surface area contributed by atoms with Gasteiger partial charge in [0, 0.05) is 19.0 Å². The van der Waals surface area contributed by atoms with Gasteiger partial charge in [0.1, 0.15) is 5.82 Å². The molecular formula is C16H27ClN4O. The van der Waals surface area contributed by atoms with Crippen molar-refractivity contribution < 1.29 is 4.79 Å². The zero-order valence-corrected chi connectivity index (χ0v) is 14.3. The molecule has 1 fully saturated rings. The number of amides is 1. The Balaban J connectivity index is 0.00000176. The van der Waals surface area contributed by atoms with Crippen LogP contribution in [0.4, 0.5) is 5.82 Å². The monoisotopic (exact) mass is 326 g/mol. The van der Waals surface area contributed by atoms with Crippen molar-refractivity contribution >= 4 is 24.1 Å². The van der Waals surface area contributed by atoms with Crippen LogP contribution >= 0.6 is 12.4 Å². The maximum absolute atomic E-state index is 12.3. The van der Waals surface area contributed by atoms with E-state index in [2.05, 4.69) is 22.7 Å². The number of halogens is 1. The van der Waals surface area contributed by atoms with Gasteiger partial charge in [0.15, 0.2) is 0 Å². The van der Waals surface area contributed by atoms with Crippen LogP contribution in [0.25, 0.3) is 0 Å². The fraction of sp³-hybridized carbons (Fsp3) is 0.750. The van der Waals surface area contributed by atoms with Crippen LogP contribution in [0.2, 0.25) is 0 Å². The number of nitrogens with one attached hydrogen (secondary N) is 2. The maximum atomic E-state index is 12.3. The van der Waals surface area contributed by atoms with Gasteiger partial charge in [-0.2, -0.15) is 5.10 Å². The van der Waals surface area contributed by atoms with Gasteiger partial charge in [0.05, 0.1) is 5.69 Å². The van der Waals surface area contributed by atoms with Gasteiger partial charge in [-0.1, -0.05) is 6.92 Å². The molecule has 2 aliphatic rings. The number of nitrogens with zero attached hydrogens (tertiary/aromatic N) is 2. The number of piperidine rings is 1. The van der Waals surface area contributed by atoms with Crippen LogP contribution in [-0.4, -0.2) is 28.8 Å². The molecule has 2 unspecified atom stereocenters. The Morgan fingerprint density at radius 3 is 3.00 bits per heavy atom. The van der Waals surface area contributed by atoms with Crippen LogP contribution in [-0.2, 0) is 24.7 Å². The highest BCUT2D eigenvalue weighted by Gasteiger charge is 2.25. The van der Waals surface area contributed by atoms with Crippen molar-refractivity contribution in [3.05, 3.63) is 11.3 Å². The molecule has 2 atom stereocenters. The molecule has 0 aromatic carbocycles. The van der Waals surface area contributed by atoms with E-state index in [0.717, 1.165) is 43.9 Å². The van der Waals surface area contributed by atoms with Gasteiger partial charge in [-0.3, -0.25) is 9.48 Å². The van der Waals surface area contributed by atoms with Crippen molar-refractivity contribution in [3.8, 4) is 0 Å². The fourth-order valence-electron chi connectivity index (χ4n) is 3.68. The van der Waals surface area contributed by atoms with E-state index < -0.39 is 0 Å². The minimum atomic E-state index is 0. The Hall–Kier alpha value is -1.07. The molecule has 22 heavy (non-hydrogen) atoms. The fourth-order valence-corrected chi connectivity index (χ4v) is 3.68. The highest BCUT2D eigenvalue weighted by molar-refractivity contribution is 5.91. The summed E-state index contributed by atoms with van der Waals surface area (Å²) in [6, 6.07) is 0. The number of rotatable bonds is 4. The summed E-state index contributed by atoms with van der Waals surface area (Å²) < 4.78 is 1.83. The molecule has 1 aromatic rings. The average Bonchev–Trinajstić information content (AvgIpc) is 3.03. The number of carbonyl (C=O) groups excluding carboxylic acids is 1. The van der Waals surface area contributed by atoms with E-state index in [0.29, 0.717) is 18.3 Å². The summed E-state index contributed by atoms with van der Waals surface area (Å²) in [6.07, 6.45) is 6.32. The van der Waals surface area contributed by atoms with E-state index in [-0.39, 0.29) is 18.3 Å². The Morgan fingerprint density at radius 2 is 2.27 bits per heavy atom. The standard InChI is InChI=1S/C16H26N4O.ClH/c1-11(12-5-4-8-17-10-12)9-15(21)18-16-13-6-3-7-14(13)19-20(16)2;/h11-12,17H,3-10H2,1-2H3,(H,18,21);1H. The molecule has 1 saturated heterocycles. The van der Waals surface area contributed by atoms with Gasteiger partial charge < -0.3 is 10.6 Å². The summed E-state index contributed by atoms with van der Waals surface area (Å²) >= 11 is 0. The third kappa shape index (κ3) is 3.63. The molecule has 0 spiro atoms. The zero-order chi connectivity index (χ0) is 14.8. The number of aryl methyl sites for hydroxylation is 2. The van der Waals surface area contributed by atoms with Crippen molar-refractivity contribution in [2.75, 3.05) is 18.4 Å². The highest BCUT2D eigenvalue weighted by Crippen LogP contribution is 2.29. The van der Waals surface area contributed by atoms with Gasteiger partial charge in [-0.25, -0.2) is 0 Å². The average molecular weight is 327 g/mol. The lowest BCUT2D eigenvalue weighted by Gasteiger charge is -2.28. The molecule has 1 aliphatic carbocycles. The summed E-state index contributed by atoms with van der Waals surface area (Å²) in [5, 5.41) is 11.0. The van der Waals surface area contributed by atoms with Crippen molar-refractivity contribution in [2.45, 2.75) is 45.4 Å². The second kappa shape index (κ2) is 7.47. The first-order valence-electron chi connectivity index (χ1n) is 8.20. The maximum Gasteiger partial charge on any atom is 0.225 e. The van der Waals surface area contributed by atoms with Gasteiger partial charge in [-0.15, -0.1) is 12.4 Å². The number of carbonyl (C=O) groups is 1. The van der Waals surface area contributed by atoms with Crippen molar-refractivity contribution in [1.82, 2.24) is 15.1 Å². The number of fused-ring (bicyclic) bond motifs is 1. The minimum absolute atomic E-state index is 0. The van der Waals surface area contributed by atoms with Crippen LogP contribution in [0.5, 0.6) is 0 Å². The number of anilines is 1. The lowest BCUT2D eigenvalue weighted by Crippen LogP contribution is -2.34. The van der Waals surface area contributed by atoms with E-state index >= 15 is 0 Å². The summed E-state index contributed by atoms with van der Waals surface area (Å²) in [7, 11) is 1.92. The normalized spacial score (nSPS) is 21.8. The van der Waals surface area contributed by atoms with Crippen LogP contribution in [0, 0.1) is 11.8 Å². The lowest BCUT2D eigenvalue weighted by molar-refractivity contribution is -0.117. The first kappa shape index (κ1) is 17.3. The lowest BCUT2D eigenvalue weighted by atomic mass is 9.85. The van der Waals surface area contributed by atoms with Crippen LogP contribution in [0.1, 0.15) is 43.9 Å². The molecule has 1 aliphatic heterocycles. The topological polar surface area (TPSA) is 59.0 Å². The van der Waals surface area contributed by atoms with E-state index in [1.54, 1.807) is 0 Å². The van der Waals surface area contributed by atoms with Crippen LogP contribution < -0.4 is 10.6 Å². The predicted molar refractivity (Wildman–Crippen MR) is 90.5 cm³/mol. The third-order valence-corrected chi connectivity index (χ3v) is 4.97. The summed E-state index contributed by atoms with van der Waals surface area (Å²) in [4.78, 5) is 12.3. The van der Waals surface area contributed by atoms with E-state index in [9.17, 15) is 4.79 Å². The molecule has 3 rings (SSSR count). The van der Waals surface area contributed by atoms with Gasteiger partial charge in [-0.05, 0) is 57.0 Å². The third-order valence-electron chi connectivity index (χ3n) is 4.97. The first-order chi connectivity index (χ1) is 10.1. The second-order valence-electron chi connectivity index (χ2n) is 6.59. The van der Waals surface area contributed by atoms with Crippen molar-refractivity contribution in [3.63, 3.8) is 0 Å². The van der Waals surface area contributed by atoms with Crippen LogP contribution in [0.15, 0.2) is 0 Å². The Kier molecular flexibility index (Phi) is 5.87. The van der Waals surface area contributed by atoms with E-state index in [1.807, 2.05) is 11.7 Å². The summed E-state index contributed by atoms with van der Waals surface area (Å²) in [6.45, 7) is 4.37. The molecule has 2 heterocycles. The smallest absolute Gasteiger partial charge is 0.225 e. The molecule has 5 nitrogen and oxygen atoms in total. The quantitative estimate of drug-likeness (QED) is 0.892. The van der Waals surface area contributed by atoms with E-state index in [1.165, 1.54) is 18.4 Å².